The molecule has 1 aliphatic rings. The molecule has 0 aliphatic carbocycles. The number of carbonyl (C=O) groups excluding carboxylic acids is 2. The van der Waals surface area contributed by atoms with Crippen molar-refractivity contribution in [1.82, 2.24) is 4.90 Å². The van der Waals surface area contributed by atoms with Crippen LogP contribution in [0.5, 0.6) is 17.2 Å². The molecule has 3 rings (SSSR count). The maximum absolute atomic E-state index is 12.8. The molecular weight excluding hydrogens is 384 g/mol. The van der Waals surface area contributed by atoms with Crippen LogP contribution in [0.4, 0.5) is 5.69 Å². The molecule has 1 aliphatic heterocycles. The van der Waals surface area contributed by atoms with Crippen molar-refractivity contribution in [2.75, 3.05) is 26.1 Å². The number of nitrogens with one attached hydrogen (secondary N) is 1. The number of ether oxygens (including phenoxy) is 3. The van der Waals surface area contributed by atoms with Crippen LogP contribution < -0.4 is 19.5 Å². The van der Waals surface area contributed by atoms with E-state index in [1.165, 1.54) is 14.2 Å². The highest BCUT2D eigenvalue weighted by atomic mass is 16.5. The highest BCUT2D eigenvalue weighted by Crippen LogP contribution is 2.30. The van der Waals surface area contributed by atoms with Crippen LogP contribution in [0.2, 0.25) is 0 Å². The van der Waals surface area contributed by atoms with Crippen molar-refractivity contribution in [2.45, 2.75) is 33.4 Å². The second-order valence-corrected chi connectivity index (χ2v) is 7.75. The number of benzene rings is 2. The second-order valence-electron chi connectivity index (χ2n) is 7.75. The summed E-state index contributed by atoms with van der Waals surface area (Å²) in [4.78, 5) is 27.2. The van der Waals surface area contributed by atoms with Gasteiger partial charge in [0.2, 0.25) is 0 Å². The number of anilines is 1. The number of fused-ring (bicyclic) bond motifs is 1. The molecule has 30 heavy (non-hydrogen) atoms. The Hall–Kier alpha value is -3.22. The van der Waals surface area contributed by atoms with Crippen molar-refractivity contribution in [3.05, 3.63) is 47.5 Å². The molecule has 0 aromatic heterocycles. The smallest absolute Gasteiger partial charge is 0.263 e. The fraction of sp³-hybridized carbons (Fsp3) is 0.391. The summed E-state index contributed by atoms with van der Waals surface area (Å²) in [5.41, 5.74) is 1.90. The topological polar surface area (TPSA) is 77.1 Å². The predicted octanol–water partition coefficient (Wildman–Crippen LogP) is 3.72. The van der Waals surface area contributed by atoms with Gasteiger partial charge in [-0.3, -0.25) is 9.59 Å². The van der Waals surface area contributed by atoms with E-state index in [1.807, 2.05) is 6.07 Å². The lowest BCUT2D eigenvalue weighted by Gasteiger charge is -2.24. The number of methoxy groups -OCH3 is 2. The van der Waals surface area contributed by atoms with E-state index < -0.39 is 6.10 Å². The molecule has 160 valence electrons. The molecule has 1 unspecified atom stereocenters. The maximum atomic E-state index is 12.8. The van der Waals surface area contributed by atoms with Gasteiger partial charge in [-0.2, -0.15) is 0 Å². The fourth-order valence-electron chi connectivity index (χ4n) is 3.41. The molecular formula is C23H28N2O5. The number of nitrogens with zero attached hydrogens (tertiary/aromatic N) is 1. The van der Waals surface area contributed by atoms with Crippen molar-refractivity contribution in [2.24, 2.45) is 5.92 Å². The number of hydrogen-bond acceptors (Lipinski definition) is 5. The van der Waals surface area contributed by atoms with Crippen LogP contribution in [0.15, 0.2) is 36.4 Å². The van der Waals surface area contributed by atoms with Crippen LogP contribution in [0.25, 0.3) is 0 Å². The highest BCUT2D eigenvalue weighted by Gasteiger charge is 2.28. The van der Waals surface area contributed by atoms with Gasteiger partial charge in [-0.15, -0.1) is 0 Å². The predicted molar refractivity (Wildman–Crippen MR) is 114 cm³/mol. The van der Waals surface area contributed by atoms with Crippen LogP contribution in [-0.2, 0) is 11.3 Å². The van der Waals surface area contributed by atoms with Crippen LogP contribution in [-0.4, -0.2) is 43.6 Å². The molecule has 2 aromatic carbocycles. The fourth-order valence-corrected chi connectivity index (χ4v) is 3.41. The van der Waals surface area contributed by atoms with Gasteiger partial charge in [0.1, 0.15) is 17.2 Å². The molecule has 0 radical (unpaired) electrons. The minimum atomic E-state index is -0.547. The third-order valence-corrected chi connectivity index (χ3v) is 4.84. The summed E-state index contributed by atoms with van der Waals surface area (Å²) in [5.74, 6) is 1.74. The summed E-state index contributed by atoms with van der Waals surface area (Å²) in [6.45, 7) is 6.99. The van der Waals surface area contributed by atoms with Gasteiger partial charge in [0.15, 0.2) is 6.10 Å². The molecule has 2 aromatic rings. The lowest BCUT2D eigenvalue weighted by Crippen LogP contribution is -2.39. The second kappa shape index (κ2) is 9.07. The van der Waals surface area contributed by atoms with E-state index in [0.29, 0.717) is 47.5 Å². The zero-order chi connectivity index (χ0) is 21.8. The van der Waals surface area contributed by atoms with E-state index in [1.54, 1.807) is 42.2 Å². The van der Waals surface area contributed by atoms with Crippen molar-refractivity contribution in [1.29, 1.82) is 0 Å². The molecule has 7 heteroatoms. The zero-order valence-electron chi connectivity index (χ0n) is 18.0. The number of amides is 2. The molecule has 0 bridgehead atoms. The van der Waals surface area contributed by atoms with Gasteiger partial charge in [0, 0.05) is 36.0 Å². The summed E-state index contributed by atoms with van der Waals surface area (Å²) in [7, 11) is 3.07. The standard InChI is InChI=1S/C23H28N2O5/c1-14(2)12-25-13-17-8-18(6-7-21(17)30-15(3)23(25)27)24-22(26)16-9-19(28-4)11-20(10-16)29-5/h6-11,14-15H,12-13H2,1-5H3,(H,24,26). The van der Waals surface area contributed by atoms with E-state index in [0.717, 1.165) is 5.56 Å². The van der Waals surface area contributed by atoms with Crippen LogP contribution in [0, 0.1) is 5.92 Å². The molecule has 1 heterocycles. The van der Waals surface area contributed by atoms with Crippen molar-refractivity contribution < 1.29 is 23.8 Å². The first kappa shape index (κ1) is 21.5. The Bertz CT molecular complexity index is 919. The first-order valence-corrected chi connectivity index (χ1v) is 9.93. The molecule has 0 saturated carbocycles. The molecule has 1 atom stereocenters. The first-order valence-electron chi connectivity index (χ1n) is 9.93. The maximum Gasteiger partial charge on any atom is 0.263 e. The number of hydrogen-bond donors (Lipinski definition) is 1. The van der Waals surface area contributed by atoms with Gasteiger partial charge in [0.05, 0.1) is 14.2 Å². The minimum Gasteiger partial charge on any atom is -0.497 e. The molecule has 1 N–H and O–H groups in total. The number of carbonyl (C=O) groups is 2. The van der Waals surface area contributed by atoms with Gasteiger partial charge < -0.3 is 24.4 Å². The summed E-state index contributed by atoms with van der Waals surface area (Å²) >= 11 is 0. The Morgan fingerprint density at radius 3 is 2.43 bits per heavy atom. The average Bonchev–Trinajstić information content (AvgIpc) is 2.83. The van der Waals surface area contributed by atoms with Crippen molar-refractivity contribution in [3.8, 4) is 17.2 Å². The first-order chi connectivity index (χ1) is 14.3. The van der Waals surface area contributed by atoms with Gasteiger partial charge in [0.25, 0.3) is 11.8 Å². The van der Waals surface area contributed by atoms with Gasteiger partial charge in [-0.25, -0.2) is 0 Å². The Morgan fingerprint density at radius 2 is 1.83 bits per heavy atom. The molecule has 7 nitrogen and oxygen atoms in total. The van der Waals surface area contributed by atoms with Crippen LogP contribution >= 0.6 is 0 Å². The van der Waals surface area contributed by atoms with E-state index in [-0.39, 0.29) is 11.8 Å². The van der Waals surface area contributed by atoms with E-state index in [9.17, 15) is 9.59 Å². The zero-order valence-corrected chi connectivity index (χ0v) is 18.0. The van der Waals surface area contributed by atoms with Crippen LogP contribution in [0.1, 0.15) is 36.7 Å². The quantitative estimate of drug-likeness (QED) is 0.782. The van der Waals surface area contributed by atoms with Crippen LogP contribution in [0.3, 0.4) is 0 Å². The Labute approximate surface area is 176 Å². The van der Waals surface area contributed by atoms with E-state index in [4.69, 9.17) is 14.2 Å². The summed E-state index contributed by atoms with van der Waals surface area (Å²) in [5, 5.41) is 2.90. The summed E-state index contributed by atoms with van der Waals surface area (Å²) in [6, 6.07) is 10.4. The average molecular weight is 412 g/mol. The molecule has 2 amide bonds. The summed E-state index contributed by atoms with van der Waals surface area (Å²) in [6.07, 6.45) is -0.547. The van der Waals surface area contributed by atoms with E-state index >= 15 is 0 Å². The normalized spacial score (nSPS) is 15.9. The Balaban J connectivity index is 1.84. The SMILES string of the molecule is COc1cc(OC)cc(C(=O)Nc2ccc3c(c2)CN(CC(C)C)C(=O)C(C)O3)c1. The Morgan fingerprint density at radius 1 is 1.17 bits per heavy atom. The van der Waals surface area contributed by atoms with Crippen molar-refractivity contribution >= 4 is 17.5 Å². The van der Waals surface area contributed by atoms with Crippen molar-refractivity contribution in [3.63, 3.8) is 0 Å². The van der Waals surface area contributed by atoms with Gasteiger partial charge in [-0.05, 0) is 43.2 Å². The molecule has 0 spiro atoms. The lowest BCUT2D eigenvalue weighted by atomic mass is 10.1. The summed E-state index contributed by atoms with van der Waals surface area (Å²) < 4.78 is 16.3. The molecule has 0 saturated heterocycles. The van der Waals surface area contributed by atoms with Gasteiger partial charge >= 0.3 is 0 Å². The third kappa shape index (κ3) is 4.84. The minimum absolute atomic E-state index is 0.0334. The largest absolute Gasteiger partial charge is 0.497 e. The highest BCUT2D eigenvalue weighted by molar-refractivity contribution is 6.05. The molecule has 0 fully saturated rings. The van der Waals surface area contributed by atoms with E-state index in [2.05, 4.69) is 19.2 Å². The Kier molecular flexibility index (Phi) is 6.50. The number of rotatable bonds is 6. The monoisotopic (exact) mass is 412 g/mol. The lowest BCUT2D eigenvalue weighted by molar-refractivity contribution is -0.138. The van der Waals surface area contributed by atoms with Gasteiger partial charge in [-0.1, -0.05) is 13.8 Å². The third-order valence-electron chi connectivity index (χ3n) is 4.84.